The molecular formula is C11H15FN2O2. The van der Waals surface area contributed by atoms with Crippen LogP contribution in [0, 0.1) is 5.95 Å². The van der Waals surface area contributed by atoms with Crippen molar-refractivity contribution in [2.45, 2.75) is 32.9 Å². The summed E-state index contributed by atoms with van der Waals surface area (Å²) in [5.74, 6) is -0.585. The molecule has 1 rings (SSSR count). The molecule has 0 aliphatic carbocycles. The fraction of sp³-hybridized carbons (Fsp3) is 0.455. The van der Waals surface area contributed by atoms with Gasteiger partial charge in [0.25, 0.3) is 0 Å². The first-order valence-electron chi connectivity index (χ1n) is 4.95. The lowest BCUT2D eigenvalue weighted by atomic mass is 10.2. The third-order valence-corrected chi connectivity index (χ3v) is 1.66. The molecule has 4 nitrogen and oxygen atoms in total. The van der Waals surface area contributed by atoms with Crippen molar-refractivity contribution in [2.24, 2.45) is 0 Å². The number of hydrogen-bond acceptors (Lipinski definition) is 3. The van der Waals surface area contributed by atoms with Gasteiger partial charge >= 0.3 is 6.09 Å². The highest BCUT2D eigenvalue weighted by Gasteiger charge is 2.16. The van der Waals surface area contributed by atoms with E-state index in [0.29, 0.717) is 5.56 Å². The quantitative estimate of drug-likeness (QED) is 0.787. The highest BCUT2D eigenvalue weighted by molar-refractivity contribution is 5.67. The predicted molar refractivity (Wildman–Crippen MR) is 57.3 cm³/mol. The van der Waals surface area contributed by atoms with Gasteiger partial charge in [-0.15, -0.1) is 0 Å². The highest BCUT2D eigenvalue weighted by Crippen LogP contribution is 2.07. The van der Waals surface area contributed by atoms with Gasteiger partial charge in [-0.2, -0.15) is 4.39 Å². The van der Waals surface area contributed by atoms with Crippen molar-refractivity contribution in [3.8, 4) is 0 Å². The number of ether oxygens (including phenoxy) is 1. The minimum atomic E-state index is -0.585. The molecule has 0 aromatic carbocycles. The van der Waals surface area contributed by atoms with Crippen LogP contribution in [0.2, 0.25) is 0 Å². The van der Waals surface area contributed by atoms with Gasteiger partial charge in [-0.1, -0.05) is 6.07 Å². The zero-order valence-electron chi connectivity index (χ0n) is 9.58. The molecule has 1 heterocycles. The number of aromatic nitrogens is 1. The summed E-state index contributed by atoms with van der Waals surface area (Å²) >= 11 is 0. The average Bonchev–Trinajstić information content (AvgIpc) is 2.14. The van der Waals surface area contributed by atoms with Crippen LogP contribution >= 0.6 is 0 Å². The standard InChI is InChI=1S/C11H15FN2O2/c1-11(2,3)16-10(15)14-7-8-5-4-6-13-9(8)12/h4-6H,7H2,1-3H3,(H,14,15). The van der Waals surface area contributed by atoms with Gasteiger partial charge in [0, 0.05) is 11.8 Å². The van der Waals surface area contributed by atoms with Crippen molar-refractivity contribution >= 4 is 6.09 Å². The molecule has 16 heavy (non-hydrogen) atoms. The molecule has 0 unspecified atom stereocenters. The van der Waals surface area contributed by atoms with E-state index in [2.05, 4.69) is 10.3 Å². The lowest BCUT2D eigenvalue weighted by Crippen LogP contribution is -2.32. The van der Waals surface area contributed by atoms with Gasteiger partial charge in [-0.05, 0) is 26.8 Å². The second-order valence-corrected chi connectivity index (χ2v) is 4.31. The molecule has 1 aromatic heterocycles. The number of hydrogen-bond donors (Lipinski definition) is 1. The van der Waals surface area contributed by atoms with Crippen LogP contribution in [0.15, 0.2) is 18.3 Å². The summed E-state index contributed by atoms with van der Waals surface area (Å²) in [6.45, 7) is 5.35. The van der Waals surface area contributed by atoms with Gasteiger partial charge in [-0.3, -0.25) is 0 Å². The molecule has 0 saturated heterocycles. The number of rotatable bonds is 2. The Morgan fingerprint density at radius 1 is 1.56 bits per heavy atom. The zero-order chi connectivity index (χ0) is 12.2. The molecule has 0 aliphatic heterocycles. The lowest BCUT2D eigenvalue weighted by Gasteiger charge is -2.19. The van der Waals surface area contributed by atoms with Crippen LogP contribution in [0.1, 0.15) is 26.3 Å². The van der Waals surface area contributed by atoms with E-state index < -0.39 is 17.6 Å². The largest absolute Gasteiger partial charge is 0.444 e. The summed E-state index contributed by atoms with van der Waals surface area (Å²) in [4.78, 5) is 14.7. The van der Waals surface area contributed by atoms with Gasteiger partial charge in [-0.25, -0.2) is 9.78 Å². The van der Waals surface area contributed by atoms with E-state index in [4.69, 9.17) is 4.74 Å². The smallest absolute Gasteiger partial charge is 0.407 e. The number of carbonyl (C=O) groups is 1. The predicted octanol–water partition coefficient (Wildman–Crippen LogP) is 2.25. The van der Waals surface area contributed by atoms with Gasteiger partial charge in [0.1, 0.15) is 5.60 Å². The third kappa shape index (κ3) is 4.25. The third-order valence-electron chi connectivity index (χ3n) is 1.66. The molecule has 0 fully saturated rings. The Hall–Kier alpha value is -1.65. The van der Waals surface area contributed by atoms with Crippen molar-refractivity contribution in [3.63, 3.8) is 0 Å². The molecule has 0 spiro atoms. The van der Waals surface area contributed by atoms with Crippen LogP contribution in [0.5, 0.6) is 0 Å². The summed E-state index contributed by atoms with van der Waals surface area (Å²) in [7, 11) is 0. The highest BCUT2D eigenvalue weighted by atomic mass is 19.1. The number of amides is 1. The van der Waals surface area contributed by atoms with Crippen molar-refractivity contribution in [2.75, 3.05) is 0 Å². The number of nitrogens with zero attached hydrogens (tertiary/aromatic N) is 1. The van der Waals surface area contributed by atoms with Gasteiger partial charge in [0.15, 0.2) is 0 Å². The van der Waals surface area contributed by atoms with Gasteiger partial charge in [0.2, 0.25) is 5.95 Å². The Morgan fingerprint density at radius 2 is 2.25 bits per heavy atom. The molecule has 0 bridgehead atoms. The maximum atomic E-state index is 13.1. The van der Waals surface area contributed by atoms with Crippen molar-refractivity contribution < 1.29 is 13.9 Å². The second-order valence-electron chi connectivity index (χ2n) is 4.31. The fourth-order valence-electron chi connectivity index (χ4n) is 1.03. The van der Waals surface area contributed by atoms with Crippen LogP contribution in [-0.2, 0) is 11.3 Å². The summed E-state index contributed by atoms with van der Waals surface area (Å²) in [6.07, 6.45) is 0.780. The Balaban J connectivity index is 2.47. The van der Waals surface area contributed by atoms with Gasteiger partial charge < -0.3 is 10.1 Å². The van der Waals surface area contributed by atoms with Gasteiger partial charge in [0.05, 0.1) is 6.54 Å². The summed E-state index contributed by atoms with van der Waals surface area (Å²) in [6, 6.07) is 3.16. The molecule has 5 heteroatoms. The average molecular weight is 226 g/mol. The fourth-order valence-corrected chi connectivity index (χ4v) is 1.03. The van der Waals surface area contributed by atoms with Crippen molar-refractivity contribution in [3.05, 3.63) is 29.8 Å². The Bertz CT molecular complexity index is 374. The van der Waals surface area contributed by atoms with Crippen LogP contribution in [0.25, 0.3) is 0 Å². The number of nitrogens with one attached hydrogen (secondary N) is 1. The molecule has 88 valence electrons. The molecule has 1 aromatic rings. The molecule has 0 aliphatic rings. The number of alkyl carbamates (subject to hydrolysis) is 1. The van der Waals surface area contributed by atoms with E-state index in [1.54, 1.807) is 32.9 Å². The minimum Gasteiger partial charge on any atom is -0.444 e. The Labute approximate surface area is 93.8 Å². The number of pyridine rings is 1. The van der Waals surface area contributed by atoms with E-state index in [1.165, 1.54) is 6.20 Å². The van der Waals surface area contributed by atoms with E-state index in [9.17, 15) is 9.18 Å². The van der Waals surface area contributed by atoms with E-state index >= 15 is 0 Å². The summed E-state index contributed by atoms with van der Waals surface area (Å²) < 4.78 is 18.1. The molecule has 0 saturated carbocycles. The van der Waals surface area contributed by atoms with Crippen molar-refractivity contribution in [1.82, 2.24) is 10.3 Å². The maximum Gasteiger partial charge on any atom is 0.407 e. The van der Waals surface area contributed by atoms with Crippen LogP contribution in [0.4, 0.5) is 9.18 Å². The van der Waals surface area contributed by atoms with E-state index in [1.807, 2.05) is 0 Å². The van der Waals surface area contributed by atoms with E-state index in [0.717, 1.165) is 0 Å². The topological polar surface area (TPSA) is 51.2 Å². The van der Waals surface area contributed by atoms with Crippen LogP contribution in [-0.4, -0.2) is 16.7 Å². The first kappa shape index (κ1) is 12.4. The molecule has 0 atom stereocenters. The van der Waals surface area contributed by atoms with Crippen molar-refractivity contribution in [1.29, 1.82) is 0 Å². The first-order valence-corrected chi connectivity index (χ1v) is 4.95. The zero-order valence-corrected chi connectivity index (χ0v) is 9.58. The molecular weight excluding hydrogens is 211 g/mol. The SMILES string of the molecule is CC(C)(C)OC(=O)NCc1cccnc1F. The molecule has 0 radical (unpaired) electrons. The first-order chi connectivity index (χ1) is 7.38. The Kier molecular flexibility index (Phi) is 3.82. The summed E-state index contributed by atoms with van der Waals surface area (Å²) in [5, 5.41) is 2.46. The normalized spacial score (nSPS) is 11.0. The van der Waals surface area contributed by atoms with Crippen LogP contribution in [0.3, 0.4) is 0 Å². The second kappa shape index (κ2) is 4.92. The number of carbonyl (C=O) groups excluding carboxylic acids is 1. The lowest BCUT2D eigenvalue weighted by molar-refractivity contribution is 0.0523. The molecule has 1 N–H and O–H groups in total. The maximum absolute atomic E-state index is 13.1. The van der Waals surface area contributed by atoms with E-state index in [-0.39, 0.29) is 6.54 Å². The monoisotopic (exact) mass is 226 g/mol. The summed E-state index contributed by atoms with van der Waals surface area (Å²) in [5.41, 5.74) is -0.231. The number of halogens is 1. The minimum absolute atomic E-state index is 0.0641. The van der Waals surface area contributed by atoms with Crippen LogP contribution < -0.4 is 5.32 Å². The Morgan fingerprint density at radius 3 is 2.81 bits per heavy atom. The molecule has 1 amide bonds.